The van der Waals surface area contributed by atoms with E-state index in [1.54, 1.807) is 11.8 Å². The Morgan fingerprint density at radius 2 is 2.22 bits per heavy atom. The van der Waals surface area contributed by atoms with Crippen molar-refractivity contribution in [1.29, 1.82) is 0 Å². The van der Waals surface area contributed by atoms with Crippen LogP contribution in [0.15, 0.2) is 29.4 Å². The lowest BCUT2D eigenvalue weighted by molar-refractivity contribution is -0.114. The second-order valence-electron chi connectivity index (χ2n) is 3.67. The van der Waals surface area contributed by atoms with E-state index >= 15 is 0 Å². The smallest absolute Gasteiger partial charge is 0.249 e. The number of para-hydroxylation sites is 1. The van der Waals surface area contributed by atoms with Crippen LogP contribution in [0.3, 0.4) is 0 Å². The molecule has 1 aliphatic heterocycles. The summed E-state index contributed by atoms with van der Waals surface area (Å²) < 4.78 is 6.88. The average molecular weight is 262 g/mol. The highest BCUT2D eigenvalue weighted by atomic mass is 32.2. The zero-order valence-electron chi connectivity index (χ0n) is 9.58. The van der Waals surface area contributed by atoms with Crippen molar-refractivity contribution >= 4 is 17.7 Å². The maximum Gasteiger partial charge on any atom is 0.249 e. The van der Waals surface area contributed by atoms with Crippen LogP contribution in [0.5, 0.6) is 5.75 Å². The average Bonchev–Trinajstić information content (AvgIpc) is 2.81. The number of nitrogens with zero attached hydrogens (tertiary/aromatic N) is 3. The first kappa shape index (κ1) is 11.1. The molecule has 0 aliphatic carbocycles. The van der Waals surface area contributed by atoms with Crippen molar-refractivity contribution in [3.05, 3.63) is 24.3 Å². The molecule has 1 aromatic carbocycles. The number of hydrogen-bond acceptors (Lipinski definition) is 5. The van der Waals surface area contributed by atoms with Gasteiger partial charge in [0, 0.05) is 0 Å². The minimum Gasteiger partial charge on any atom is -0.496 e. The van der Waals surface area contributed by atoms with E-state index in [-0.39, 0.29) is 5.91 Å². The van der Waals surface area contributed by atoms with Crippen LogP contribution in [0, 0.1) is 0 Å². The molecule has 2 aromatic rings. The van der Waals surface area contributed by atoms with Crippen LogP contribution < -0.4 is 10.2 Å². The maximum atomic E-state index is 11.4. The molecule has 92 valence electrons. The van der Waals surface area contributed by atoms with Gasteiger partial charge in [-0.15, -0.1) is 10.2 Å². The molecular formula is C11H10N4O2S. The molecule has 0 atom stereocenters. The Bertz CT molecular complexity index is 611. The summed E-state index contributed by atoms with van der Waals surface area (Å²) in [5, 5.41) is 8.83. The van der Waals surface area contributed by atoms with Crippen LogP contribution in [-0.2, 0) is 4.79 Å². The number of rotatable bonds is 2. The molecule has 1 N–H and O–H groups in total. The van der Waals surface area contributed by atoms with Crippen LogP contribution >= 0.6 is 11.8 Å². The van der Waals surface area contributed by atoms with Gasteiger partial charge in [0.25, 0.3) is 0 Å². The summed E-state index contributed by atoms with van der Waals surface area (Å²) >= 11 is 1.36. The number of nitrogens with one attached hydrogen (secondary N) is 1. The number of thioether (sulfide) groups is 1. The summed E-state index contributed by atoms with van der Waals surface area (Å²) in [6.07, 6.45) is 0. The summed E-state index contributed by atoms with van der Waals surface area (Å²) in [7, 11) is 1.60. The Morgan fingerprint density at radius 1 is 1.39 bits per heavy atom. The van der Waals surface area contributed by atoms with E-state index in [1.807, 2.05) is 24.3 Å². The SMILES string of the molecule is COc1ccccc1-c1nnc2n1NC(=O)CS2. The molecule has 6 nitrogen and oxygen atoms in total. The molecule has 0 unspecified atom stereocenters. The Kier molecular flexibility index (Phi) is 2.67. The van der Waals surface area contributed by atoms with E-state index in [1.165, 1.54) is 11.8 Å². The number of benzene rings is 1. The maximum absolute atomic E-state index is 11.4. The second kappa shape index (κ2) is 4.34. The van der Waals surface area contributed by atoms with Gasteiger partial charge in [0.05, 0.1) is 18.4 Å². The molecular weight excluding hydrogens is 252 g/mol. The number of hydrogen-bond donors (Lipinski definition) is 1. The fraction of sp³-hybridized carbons (Fsp3) is 0.182. The lowest BCUT2D eigenvalue weighted by Gasteiger charge is -2.16. The van der Waals surface area contributed by atoms with E-state index in [2.05, 4.69) is 15.6 Å². The van der Waals surface area contributed by atoms with Crippen LogP contribution in [0.4, 0.5) is 0 Å². The Labute approximate surface area is 107 Å². The summed E-state index contributed by atoms with van der Waals surface area (Å²) in [6.45, 7) is 0. The predicted molar refractivity (Wildman–Crippen MR) is 67.1 cm³/mol. The number of methoxy groups -OCH3 is 1. The third-order valence-electron chi connectivity index (χ3n) is 2.55. The molecule has 0 saturated heterocycles. The van der Waals surface area contributed by atoms with E-state index in [0.717, 1.165) is 5.56 Å². The fourth-order valence-electron chi connectivity index (χ4n) is 1.76. The monoisotopic (exact) mass is 262 g/mol. The normalized spacial score (nSPS) is 13.9. The lowest BCUT2D eigenvalue weighted by atomic mass is 10.2. The fourth-order valence-corrected chi connectivity index (χ4v) is 2.44. The summed E-state index contributed by atoms with van der Waals surface area (Å²) in [6, 6.07) is 7.48. The minimum absolute atomic E-state index is 0.0663. The molecule has 1 aromatic heterocycles. The van der Waals surface area contributed by atoms with Crippen LogP contribution in [-0.4, -0.2) is 33.6 Å². The Hall–Kier alpha value is -2.02. The van der Waals surface area contributed by atoms with Crippen LogP contribution in [0.25, 0.3) is 11.4 Å². The van der Waals surface area contributed by atoms with Gasteiger partial charge in [-0.05, 0) is 12.1 Å². The molecule has 7 heteroatoms. The van der Waals surface area contributed by atoms with Gasteiger partial charge in [-0.2, -0.15) is 0 Å². The van der Waals surface area contributed by atoms with Crippen molar-refractivity contribution < 1.29 is 9.53 Å². The van der Waals surface area contributed by atoms with E-state index in [4.69, 9.17) is 4.74 Å². The molecule has 1 aliphatic rings. The van der Waals surface area contributed by atoms with Gasteiger partial charge in [-0.25, -0.2) is 4.68 Å². The van der Waals surface area contributed by atoms with Gasteiger partial charge in [0.2, 0.25) is 11.1 Å². The zero-order chi connectivity index (χ0) is 12.5. The van der Waals surface area contributed by atoms with Crippen molar-refractivity contribution in [3.63, 3.8) is 0 Å². The molecule has 0 saturated carbocycles. The zero-order valence-corrected chi connectivity index (χ0v) is 10.4. The van der Waals surface area contributed by atoms with E-state index in [0.29, 0.717) is 22.5 Å². The van der Waals surface area contributed by atoms with Crippen LogP contribution in [0.2, 0.25) is 0 Å². The first-order valence-corrected chi connectivity index (χ1v) is 6.29. The van der Waals surface area contributed by atoms with Crippen molar-refractivity contribution in [2.24, 2.45) is 0 Å². The number of carbonyl (C=O) groups excluding carboxylic acids is 1. The number of carbonyl (C=O) groups is 1. The van der Waals surface area contributed by atoms with Gasteiger partial charge in [0.1, 0.15) is 5.75 Å². The minimum atomic E-state index is -0.0663. The number of aromatic nitrogens is 3. The first-order chi connectivity index (χ1) is 8.79. The number of amides is 1. The number of fused-ring (bicyclic) bond motifs is 1. The van der Waals surface area contributed by atoms with Crippen molar-refractivity contribution in [2.45, 2.75) is 5.16 Å². The largest absolute Gasteiger partial charge is 0.496 e. The third kappa shape index (κ3) is 1.72. The van der Waals surface area contributed by atoms with Gasteiger partial charge in [0.15, 0.2) is 5.82 Å². The molecule has 1 amide bonds. The molecule has 18 heavy (non-hydrogen) atoms. The van der Waals surface area contributed by atoms with Crippen molar-refractivity contribution in [2.75, 3.05) is 18.3 Å². The molecule has 0 radical (unpaired) electrons. The number of ether oxygens (including phenoxy) is 1. The lowest BCUT2D eigenvalue weighted by Crippen LogP contribution is -2.29. The second-order valence-corrected chi connectivity index (χ2v) is 4.61. The third-order valence-corrected chi connectivity index (χ3v) is 3.48. The molecule has 0 spiro atoms. The molecule has 3 rings (SSSR count). The highest BCUT2D eigenvalue weighted by molar-refractivity contribution is 7.99. The highest BCUT2D eigenvalue weighted by Gasteiger charge is 2.23. The van der Waals surface area contributed by atoms with Gasteiger partial charge in [-0.3, -0.25) is 10.2 Å². The van der Waals surface area contributed by atoms with E-state index in [9.17, 15) is 4.79 Å². The highest BCUT2D eigenvalue weighted by Crippen LogP contribution is 2.31. The summed E-state index contributed by atoms with van der Waals surface area (Å²) in [5.74, 6) is 1.56. The predicted octanol–water partition coefficient (Wildman–Crippen LogP) is 1.13. The Morgan fingerprint density at radius 3 is 3.06 bits per heavy atom. The van der Waals surface area contributed by atoms with Gasteiger partial charge < -0.3 is 4.74 Å². The van der Waals surface area contributed by atoms with Crippen molar-refractivity contribution in [1.82, 2.24) is 14.9 Å². The van der Waals surface area contributed by atoms with E-state index < -0.39 is 0 Å². The molecule has 0 bridgehead atoms. The van der Waals surface area contributed by atoms with Crippen LogP contribution in [0.1, 0.15) is 0 Å². The summed E-state index contributed by atoms with van der Waals surface area (Å²) in [5.41, 5.74) is 3.53. The van der Waals surface area contributed by atoms with Gasteiger partial charge >= 0.3 is 0 Å². The topological polar surface area (TPSA) is 69.0 Å². The van der Waals surface area contributed by atoms with Crippen molar-refractivity contribution in [3.8, 4) is 17.1 Å². The Balaban J connectivity index is 2.13. The van der Waals surface area contributed by atoms with Gasteiger partial charge in [-0.1, -0.05) is 23.9 Å². The molecule has 0 fully saturated rings. The summed E-state index contributed by atoms with van der Waals surface area (Å²) in [4.78, 5) is 11.4. The molecule has 2 heterocycles. The quantitative estimate of drug-likeness (QED) is 0.878. The standard InChI is InChI=1S/C11H10N4O2S/c1-17-8-5-3-2-4-7(8)10-12-13-11-15(10)14-9(16)6-18-11/h2-5H,6H2,1H3,(H,14,16). The first-order valence-electron chi connectivity index (χ1n) is 5.31.